The van der Waals surface area contributed by atoms with Crippen molar-refractivity contribution >= 4 is 23.3 Å². The molecule has 1 aliphatic carbocycles. The fourth-order valence-electron chi connectivity index (χ4n) is 3.35. The van der Waals surface area contributed by atoms with E-state index in [1.54, 1.807) is 12.1 Å². The van der Waals surface area contributed by atoms with Gasteiger partial charge in [-0.2, -0.15) is 0 Å². The maximum absolute atomic E-state index is 12.3. The van der Waals surface area contributed by atoms with E-state index >= 15 is 0 Å². The van der Waals surface area contributed by atoms with E-state index in [1.807, 2.05) is 24.3 Å². The molecule has 6 heteroatoms. The van der Waals surface area contributed by atoms with Crippen molar-refractivity contribution in [1.82, 2.24) is 0 Å². The van der Waals surface area contributed by atoms with E-state index in [0.717, 1.165) is 16.7 Å². The van der Waals surface area contributed by atoms with Crippen LogP contribution in [0.15, 0.2) is 59.7 Å². The van der Waals surface area contributed by atoms with Crippen molar-refractivity contribution in [1.29, 1.82) is 0 Å². The summed E-state index contributed by atoms with van der Waals surface area (Å²) >= 11 is 5.95. The molecule has 1 fully saturated rings. The van der Waals surface area contributed by atoms with E-state index in [2.05, 4.69) is 6.92 Å². The Morgan fingerprint density at radius 3 is 2.31 bits per heavy atom. The molecular formula is C20H18ClNO4. The van der Waals surface area contributed by atoms with Crippen LogP contribution in [0, 0.1) is 16.0 Å². The van der Waals surface area contributed by atoms with Gasteiger partial charge in [0.2, 0.25) is 0 Å². The van der Waals surface area contributed by atoms with Crippen molar-refractivity contribution in [3.05, 3.63) is 85.9 Å². The van der Waals surface area contributed by atoms with Crippen molar-refractivity contribution in [2.75, 3.05) is 7.11 Å². The number of benzene rings is 2. The number of nitrogens with zero attached hydrogens (tertiary/aromatic N) is 1. The lowest BCUT2D eigenvalue weighted by molar-refractivity contribution is -0.384. The van der Waals surface area contributed by atoms with Crippen LogP contribution < -0.4 is 0 Å². The summed E-state index contributed by atoms with van der Waals surface area (Å²) in [6.07, 6.45) is 0.383. The number of rotatable bonds is 5. The Balaban J connectivity index is 1.91. The van der Waals surface area contributed by atoms with Gasteiger partial charge < -0.3 is 4.74 Å². The van der Waals surface area contributed by atoms with Crippen molar-refractivity contribution < 1.29 is 14.5 Å². The highest BCUT2D eigenvalue weighted by Gasteiger charge is 2.45. The molecule has 0 aliphatic heterocycles. The molecule has 0 N–H and O–H groups in total. The number of nitro groups is 1. The van der Waals surface area contributed by atoms with E-state index in [4.69, 9.17) is 16.3 Å². The smallest absolute Gasteiger partial charge is 0.334 e. The van der Waals surface area contributed by atoms with Crippen LogP contribution in [0.25, 0.3) is 0 Å². The summed E-state index contributed by atoms with van der Waals surface area (Å²) in [5.41, 5.74) is 3.64. The Morgan fingerprint density at radius 2 is 1.77 bits per heavy atom. The number of halogens is 1. The molecule has 0 aromatic heterocycles. The molecule has 0 heterocycles. The maximum Gasteiger partial charge on any atom is 0.334 e. The molecule has 2 aromatic carbocycles. The van der Waals surface area contributed by atoms with Gasteiger partial charge in [0.05, 0.1) is 12.0 Å². The van der Waals surface area contributed by atoms with E-state index in [9.17, 15) is 14.9 Å². The minimum atomic E-state index is -0.441. The second-order valence-corrected chi connectivity index (χ2v) is 6.78. The van der Waals surface area contributed by atoms with Gasteiger partial charge in [-0.3, -0.25) is 10.1 Å². The monoisotopic (exact) mass is 371 g/mol. The summed E-state index contributed by atoms with van der Waals surface area (Å²) in [4.78, 5) is 22.7. The summed E-state index contributed by atoms with van der Waals surface area (Å²) in [5.74, 6) is 0.0457. The summed E-state index contributed by atoms with van der Waals surface area (Å²) in [6, 6.07) is 13.9. The van der Waals surface area contributed by atoms with Crippen LogP contribution >= 0.6 is 11.6 Å². The zero-order chi connectivity index (χ0) is 18.8. The zero-order valence-corrected chi connectivity index (χ0v) is 15.2. The van der Waals surface area contributed by atoms with E-state index < -0.39 is 4.92 Å². The first kappa shape index (κ1) is 18.1. The molecule has 1 saturated carbocycles. The molecule has 2 atom stereocenters. The van der Waals surface area contributed by atoms with Gasteiger partial charge in [-0.1, -0.05) is 42.8 Å². The van der Waals surface area contributed by atoms with Gasteiger partial charge in [-0.15, -0.1) is 0 Å². The third-order valence-electron chi connectivity index (χ3n) is 4.75. The van der Waals surface area contributed by atoms with Crippen molar-refractivity contribution in [2.45, 2.75) is 19.3 Å². The molecular weight excluding hydrogens is 354 g/mol. The highest BCUT2D eigenvalue weighted by molar-refractivity contribution is 6.30. The second-order valence-electron chi connectivity index (χ2n) is 6.34. The molecule has 2 aromatic rings. The van der Waals surface area contributed by atoms with Crippen LogP contribution in [0.5, 0.6) is 0 Å². The first-order chi connectivity index (χ1) is 12.4. The summed E-state index contributed by atoms with van der Waals surface area (Å²) in [7, 11) is 1.36. The van der Waals surface area contributed by atoms with Crippen LogP contribution in [0.1, 0.15) is 24.0 Å². The van der Waals surface area contributed by atoms with Crippen LogP contribution in [0.4, 0.5) is 5.69 Å². The highest BCUT2D eigenvalue weighted by atomic mass is 35.5. The molecule has 134 valence electrons. The number of ether oxygens (including phenoxy) is 1. The van der Waals surface area contributed by atoms with E-state index in [0.29, 0.717) is 17.0 Å². The Bertz CT molecular complexity index is 872. The first-order valence-electron chi connectivity index (χ1n) is 8.22. The quantitative estimate of drug-likeness (QED) is 0.331. The zero-order valence-electron chi connectivity index (χ0n) is 14.4. The largest absolute Gasteiger partial charge is 0.466 e. The van der Waals surface area contributed by atoms with Gasteiger partial charge in [0.25, 0.3) is 5.69 Å². The SMILES string of the molecule is COC(=O)/C(Cc1ccc([N+](=O)[O-])cc1)=C1\[C@@H](C)[C@H]1c1ccc(Cl)cc1. The molecule has 26 heavy (non-hydrogen) atoms. The summed E-state index contributed by atoms with van der Waals surface area (Å²) < 4.78 is 4.97. The summed E-state index contributed by atoms with van der Waals surface area (Å²) in [5, 5.41) is 11.5. The molecule has 0 saturated heterocycles. The normalized spacial score (nSPS) is 20.4. The van der Waals surface area contributed by atoms with Gasteiger partial charge in [0.1, 0.15) is 0 Å². The average Bonchev–Trinajstić information content (AvgIpc) is 3.30. The number of methoxy groups -OCH3 is 1. The van der Waals surface area contributed by atoms with Crippen molar-refractivity contribution in [3.63, 3.8) is 0 Å². The van der Waals surface area contributed by atoms with Crippen LogP contribution in [-0.4, -0.2) is 18.0 Å². The predicted molar refractivity (Wildman–Crippen MR) is 99.2 cm³/mol. The van der Waals surface area contributed by atoms with Gasteiger partial charge in [-0.05, 0) is 34.8 Å². The molecule has 0 spiro atoms. The molecule has 0 unspecified atom stereocenters. The maximum atomic E-state index is 12.3. The summed E-state index contributed by atoms with van der Waals surface area (Å²) in [6.45, 7) is 2.08. The van der Waals surface area contributed by atoms with Gasteiger partial charge >= 0.3 is 5.97 Å². The number of allylic oxidation sites excluding steroid dienone is 1. The molecule has 0 radical (unpaired) electrons. The lowest BCUT2D eigenvalue weighted by Gasteiger charge is -2.06. The Hall–Kier alpha value is -2.66. The number of non-ortho nitro benzene ring substituents is 1. The molecule has 0 amide bonds. The highest BCUT2D eigenvalue weighted by Crippen LogP contribution is 2.55. The Kier molecular flexibility index (Phi) is 5.09. The Labute approximate surface area is 156 Å². The molecule has 0 bridgehead atoms. The number of nitro benzene ring substituents is 1. The minimum absolute atomic E-state index is 0.0276. The molecule has 3 rings (SSSR count). The minimum Gasteiger partial charge on any atom is -0.466 e. The third kappa shape index (κ3) is 3.63. The lowest BCUT2D eigenvalue weighted by atomic mass is 10.0. The topological polar surface area (TPSA) is 69.4 Å². The van der Waals surface area contributed by atoms with E-state index in [-0.39, 0.29) is 23.5 Å². The molecule has 5 nitrogen and oxygen atoms in total. The lowest BCUT2D eigenvalue weighted by Crippen LogP contribution is -2.08. The van der Waals surface area contributed by atoms with Crippen LogP contribution in [-0.2, 0) is 16.0 Å². The van der Waals surface area contributed by atoms with Gasteiger partial charge in [0, 0.05) is 35.1 Å². The number of hydrogen-bond acceptors (Lipinski definition) is 4. The number of esters is 1. The fourth-order valence-corrected chi connectivity index (χ4v) is 3.48. The Morgan fingerprint density at radius 1 is 1.15 bits per heavy atom. The third-order valence-corrected chi connectivity index (χ3v) is 5.01. The average molecular weight is 372 g/mol. The number of carbonyl (C=O) groups excluding carboxylic acids is 1. The fraction of sp³-hybridized carbons (Fsp3) is 0.250. The van der Waals surface area contributed by atoms with Gasteiger partial charge in [-0.25, -0.2) is 4.79 Å². The first-order valence-corrected chi connectivity index (χ1v) is 8.60. The number of hydrogen-bond donors (Lipinski definition) is 0. The van der Waals surface area contributed by atoms with Crippen molar-refractivity contribution in [2.24, 2.45) is 5.92 Å². The van der Waals surface area contributed by atoms with Crippen LogP contribution in [0.3, 0.4) is 0 Å². The van der Waals surface area contributed by atoms with E-state index in [1.165, 1.54) is 19.2 Å². The van der Waals surface area contributed by atoms with Crippen molar-refractivity contribution in [3.8, 4) is 0 Å². The number of carbonyl (C=O) groups is 1. The predicted octanol–water partition coefficient (Wildman–Crippen LogP) is 4.69. The standard InChI is InChI=1S/C20H18ClNO4/c1-12-18(14-5-7-15(21)8-6-14)19(12)17(20(23)26-2)11-13-3-9-16(10-4-13)22(24)25/h3-10,12,18H,11H2,1-2H3/b19-17+/t12-,18-/m0/s1. The van der Waals surface area contributed by atoms with Gasteiger partial charge in [0.15, 0.2) is 0 Å². The second kappa shape index (κ2) is 7.30. The van der Waals surface area contributed by atoms with Crippen LogP contribution in [0.2, 0.25) is 5.02 Å². The molecule has 1 aliphatic rings.